The van der Waals surface area contributed by atoms with Gasteiger partial charge in [0.05, 0.1) is 10.7 Å². The molecule has 35 heavy (non-hydrogen) atoms. The normalized spacial score (nSPS) is 10.5. The van der Waals surface area contributed by atoms with Crippen molar-refractivity contribution in [2.75, 3.05) is 16.0 Å². The van der Waals surface area contributed by atoms with Gasteiger partial charge in [-0.25, -0.2) is 13.6 Å². The molecule has 0 aliphatic heterocycles. The number of hydrogen-bond donors (Lipinski definition) is 3. The summed E-state index contributed by atoms with van der Waals surface area (Å²) in [5, 5.41) is 8.46. The van der Waals surface area contributed by atoms with Crippen LogP contribution < -0.4 is 16.0 Å². The topological polar surface area (TPSA) is 70.2 Å². The van der Waals surface area contributed by atoms with Gasteiger partial charge in [0.1, 0.15) is 11.6 Å². The van der Waals surface area contributed by atoms with Crippen LogP contribution in [0.15, 0.2) is 84.9 Å². The molecule has 8 heteroatoms. The van der Waals surface area contributed by atoms with Crippen LogP contribution in [0.3, 0.4) is 0 Å². The first-order valence-electron chi connectivity index (χ1n) is 10.6. The molecule has 0 heterocycles. The summed E-state index contributed by atoms with van der Waals surface area (Å²) in [6.45, 7) is 1.73. The van der Waals surface area contributed by atoms with Gasteiger partial charge in [-0.2, -0.15) is 0 Å². The zero-order chi connectivity index (χ0) is 24.9. The summed E-state index contributed by atoms with van der Waals surface area (Å²) < 4.78 is 27.1. The van der Waals surface area contributed by atoms with Gasteiger partial charge in [-0.05, 0) is 61.0 Å². The molecule has 0 aliphatic rings. The van der Waals surface area contributed by atoms with Gasteiger partial charge < -0.3 is 16.0 Å². The van der Waals surface area contributed by atoms with Crippen molar-refractivity contribution in [2.24, 2.45) is 0 Å². The fraction of sp³-hybridized carbons (Fsp3) is 0.0370. The average Bonchev–Trinajstić information content (AvgIpc) is 2.82. The molecular weight excluding hydrogens is 472 g/mol. The molecule has 0 bridgehead atoms. The fourth-order valence-corrected chi connectivity index (χ4v) is 3.76. The standard InChI is InChI=1S/C27H20ClF2N3O2/c1-16-20(8-5-9-24(16)33-27(35)32-18-6-3-2-4-7-18)26(34)21-12-11-19(15-22(21)28)31-25-13-10-17(29)14-23(25)30/h2-15,31H,1H3,(H2,32,33,35). The number of rotatable bonds is 6. The van der Waals surface area contributed by atoms with Crippen molar-refractivity contribution in [1.29, 1.82) is 0 Å². The lowest BCUT2D eigenvalue weighted by Crippen LogP contribution is -2.20. The quantitative estimate of drug-likeness (QED) is 0.244. The first-order chi connectivity index (χ1) is 16.8. The van der Waals surface area contributed by atoms with Gasteiger partial charge in [0, 0.05) is 34.3 Å². The second-order valence-corrected chi connectivity index (χ2v) is 8.10. The Bertz CT molecular complexity index is 1410. The molecule has 0 atom stereocenters. The number of anilines is 4. The Balaban J connectivity index is 1.52. The van der Waals surface area contributed by atoms with Crippen LogP contribution in [0.1, 0.15) is 21.5 Å². The highest BCUT2D eigenvalue weighted by atomic mass is 35.5. The summed E-state index contributed by atoms with van der Waals surface area (Å²) in [4.78, 5) is 25.6. The molecular formula is C27H20ClF2N3O2. The molecule has 4 aromatic carbocycles. The van der Waals surface area contributed by atoms with E-state index in [4.69, 9.17) is 11.6 Å². The van der Waals surface area contributed by atoms with Gasteiger partial charge in [-0.1, -0.05) is 41.9 Å². The molecule has 0 saturated carbocycles. The van der Waals surface area contributed by atoms with Crippen molar-refractivity contribution in [1.82, 2.24) is 0 Å². The van der Waals surface area contributed by atoms with Crippen molar-refractivity contribution < 1.29 is 18.4 Å². The summed E-state index contributed by atoms with van der Waals surface area (Å²) >= 11 is 6.38. The van der Waals surface area contributed by atoms with Crippen LogP contribution in [-0.4, -0.2) is 11.8 Å². The molecule has 0 spiro atoms. The smallest absolute Gasteiger partial charge is 0.323 e. The van der Waals surface area contributed by atoms with E-state index in [0.717, 1.165) is 12.1 Å². The third-order valence-corrected chi connectivity index (χ3v) is 5.59. The Morgan fingerprint density at radius 3 is 2.23 bits per heavy atom. The van der Waals surface area contributed by atoms with Crippen LogP contribution in [0.5, 0.6) is 0 Å². The monoisotopic (exact) mass is 491 g/mol. The van der Waals surface area contributed by atoms with Crippen LogP contribution in [0, 0.1) is 18.6 Å². The minimum absolute atomic E-state index is 0.0740. The average molecular weight is 492 g/mol. The van der Waals surface area contributed by atoms with E-state index in [9.17, 15) is 18.4 Å². The first-order valence-corrected chi connectivity index (χ1v) is 11.0. The first kappa shape index (κ1) is 23.9. The van der Waals surface area contributed by atoms with E-state index in [1.165, 1.54) is 18.2 Å². The van der Waals surface area contributed by atoms with Gasteiger partial charge in [0.25, 0.3) is 0 Å². The Hall–Kier alpha value is -4.23. The van der Waals surface area contributed by atoms with Gasteiger partial charge in [-0.15, -0.1) is 0 Å². The summed E-state index contributed by atoms with van der Waals surface area (Å²) in [6, 6.07) is 21.3. The Kier molecular flexibility index (Phi) is 7.08. The Morgan fingerprint density at radius 1 is 0.743 bits per heavy atom. The van der Waals surface area contributed by atoms with E-state index in [0.29, 0.717) is 28.2 Å². The third-order valence-electron chi connectivity index (χ3n) is 5.28. The van der Waals surface area contributed by atoms with Gasteiger partial charge in [0.2, 0.25) is 0 Å². The lowest BCUT2D eigenvalue weighted by Gasteiger charge is -2.14. The number of nitrogens with one attached hydrogen (secondary N) is 3. The maximum absolute atomic E-state index is 13.9. The molecule has 4 rings (SSSR count). The fourth-order valence-electron chi connectivity index (χ4n) is 3.49. The van der Waals surface area contributed by atoms with Gasteiger partial charge in [0.15, 0.2) is 5.78 Å². The summed E-state index contributed by atoms with van der Waals surface area (Å²) in [5.41, 5.74) is 2.81. The highest BCUT2D eigenvalue weighted by Gasteiger charge is 2.18. The van der Waals surface area contributed by atoms with Crippen LogP contribution in [0.4, 0.5) is 36.3 Å². The number of amides is 2. The van der Waals surface area contributed by atoms with E-state index >= 15 is 0 Å². The second kappa shape index (κ2) is 10.4. The Labute approximate surface area is 205 Å². The highest BCUT2D eigenvalue weighted by Crippen LogP contribution is 2.29. The molecule has 0 radical (unpaired) electrons. The predicted octanol–water partition coefficient (Wildman–Crippen LogP) is 7.55. The van der Waals surface area contributed by atoms with Gasteiger partial charge >= 0.3 is 6.03 Å². The number of benzene rings is 4. The number of carbonyl (C=O) groups excluding carboxylic acids is 2. The summed E-state index contributed by atoms with van der Waals surface area (Å²) in [5.74, 6) is -1.77. The van der Waals surface area contributed by atoms with E-state index in [1.807, 2.05) is 6.07 Å². The number of carbonyl (C=O) groups is 2. The number of ketones is 1. The molecule has 0 aliphatic carbocycles. The maximum Gasteiger partial charge on any atom is 0.323 e. The SMILES string of the molecule is Cc1c(NC(=O)Nc2ccccc2)cccc1C(=O)c1ccc(Nc2ccc(F)cc2F)cc1Cl. The molecule has 0 aromatic heterocycles. The number of hydrogen-bond acceptors (Lipinski definition) is 3. The van der Waals surface area contributed by atoms with Crippen LogP contribution >= 0.6 is 11.6 Å². The van der Waals surface area contributed by atoms with Crippen molar-refractivity contribution >= 4 is 46.2 Å². The molecule has 0 fully saturated rings. The number of urea groups is 1. The minimum Gasteiger partial charge on any atom is -0.353 e. The molecule has 4 aromatic rings. The summed E-state index contributed by atoms with van der Waals surface area (Å²) in [7, 11) is 0. The Morgan fingerprint density at radius 2 is 1.51 bits per heavy atom. The number of para-hydroxylation sites is 1. The van der Waals surface area contributed by atoms with Crippen molar-refractivity contribution in [3.63, 3.8) is 0 Å². The zero-order valence-electron chi connectivity index (χ0n) is 18.5. The van der Waals surface area contributed by atoms with E-state index in [2.05, 4.69) is 16.0 Å². The zero-order valence-corrected chi connectivity index (χ0v) is 19.3. The van der Waals surface area contributed by atoms with Crippen LogP contribution in [-0.2, 0) is 0 Å². The molecule has 3 N–H and O–H groups in total. The number of halogens is 3. The third kappa shape index (κ3) is 5.65. The van der Waals surface area contributed by atoms with Crippen molar-refractivity contribution in [3.8, 4) is 0 Å². The molecule has 176 valence electrons. The van der Waals surface area contributed by atoms with E-state index < -0.39 is 17.7 Å². The molecule has 5 nitrogen and oxygen atoms in total. The maximum atomic E-state index is 13.9. The lowest BCUT2D eigenvalue weighted by molar-refractivity contribution is 0.103. The second-order valence-electron chi connectivity index (χ2n) is 7.70. The van der Waals surface area contributed by atoms with Gasteiger partial charge in [-0.3, -0.25) is 4.79 Å². The molecule has 2 amide bonds. The molecule has 0 unspecified atom stereocenters. The largest absolute Gasteiger partial charge is 0.353 e. The molecule has 0 saturated heterocycles. The minimum atomic E-state index is -0.752. The van der Waals surface area contributed by atoms with Crippen LogP contribution in [0.2, 0.25) is 5.02 Å². The lowest BCUT2D eigenvalue weighted by atomic mass is 9.97. The predicted molar refractivity (Wildman–Crippen MR) is 135 cm³/mol. The van der Waals surface area contributed by atoms with E-state index in [1.54, 1.807) is 55.5 Å². The van der Waals surface area contributed by atoms with E-state index in [-0.39, 0.29) is 22.1 Å². The highest BCUT2D eigenvalue weighted by molar-refractivity contribution is 6.35. The summed E-state index contributed by atoms with van der Waals surface area (Å²) in [6.07, 6.45) is 0. The van der Waals surface area contributed by atoms with Crippen molar-refractivity contribution in [2.45, 2.75) is 6.92 Å². The van der Waals surface area contributed by atoms with Crippen molar-refractivity contribution in [3.05, 3.63) is 118 Å². The van der Waals surface area contributed by atoms with Crippen LogP contribution in [0.25, 0.3) is 0 Å².